The molecule has 142 valence electrons. The Morgan fingerprint density at radius 3 is 2.26 bits per heavy atom. The third-order valence-electron chi connectivity index (χ3n) is 5.86. The zero-order chi connectivity index (χ0) is 18.6. The lowest BCUT2D eigenvalue weighted by atomic mass is 9.76. The number of carbonyl (C=O) groups is 1. The zero-order valence-corrected chi connectivity index (χ0v) is 15.6. The summed E-state index contributed by atoms with van der Waals surface area (Å²) in [6, 6.07) is 20.0. The molecule has 2 aromatic carbocycles. The van der Waals surface area contributed by atoms with Crippen LogP contribution in [-0.2, 0) is 6.54 Å². The maximum Gasteiger partial charge on any atom is 0.407 e. The van der Waals surface area contributed by atoms with Gasteiger partial charge in [0.2, 0.25) is 0 Å². The van der Waals surface area contributed by atoms with Crippen molar-refractivity contribution in [1.29, 1.82) is 0 Å². The number of anilines is 1. The molecule has 0 spiro atoms. The second-order valence-electron chi connectivity index (χ2n) is 7.58. The maximum atomic E-state index is 11.0. The summed E-state index contributed by atoms with van der Waals surface area (Å²) >= 11 is 0. The molecule has 2 aliphatic rings. The minimum atomic E-state index is -0.814. The molecule has 0 aromatic heterocycles. The van der Waals surface area contributed by atoms with Gasteiger partial charge in [0.1, 0.15) is 0 Å². The van der Waals surface area contributed by atoms with E-state index in [1.807, 2.05) is 0 Å². The van der Waals surface area contributed by atoms with Crippen LogP contribution in [0.3, 0.4) is 0 Å². The number of piperazine rings is 1. The molecule has 2 N–H and O–H groups in total. The number of rotatable bonds is 5. The predicted octanol–water partition coefficient (Wildman–Crippen LogP) is 3.52. The smallest absolute Gasteiger partial charge is 0.407 e. The van der Waals surface area contributed by atoms with E-state index < -0.39 is 6.09 Å². The highest BCUT2D eigenvalue weighted by atomic mass is 16.4. The van der Waals surface area contributed by atoms with Crippen LogP contribution in [0.5, 0.6) is 0 Å². The fourth-order valence-electron chi connectivity index (χ4n) is 4.03. The van der Waals surface area contributed by atoms with Gasteiger partial charge in [-0.25, -0.2) is 4.79 Å². The lowest BCUT2D eigenvalue weighted by molar-refractivity contribution is 0.142. The summed E-state index contributed by atoms with van der Waals surface area (Å²) in [5.41, 5.74) is 3.95. The lowest BCUT2D eigenvalue weighted by Gasteiger charge is -2.37. The molecule has 5 heteroatoms. The molecule has 5 nitrogen and oxygen atoms in total. The summed E-state index contributed by atoms with van der Waals surface area (Å²) in [5.74, 6) is 0.649. The predicted molar refractivity (Wildman–Crippen MR) is 107 cm³/mol. The molecule has 2 fully saturated rings. The molecule has 0 atom stereocenters. The van der Waals surface area contributed by atoms with Gasteiger partial charge in [-0.1, -0.05) is 42.5 Å². The van der Waals surface area contributed by atoms with E-state index in [0.29, 0.717) is 25.0 Å². The Morgan fingerprint density at radius 2 is 1.63 bits per heavy atom. The number of amides is 1. The van der Waals surface area contributed by atoms with Crippen molar-refractivity contribution < 1.29 is 9.90 Å². The standard InChI is InChI=1S/C22H27N3O2/c26-22(27)25-12-10-24(11-13-25)21-8-6-18(7-9-21)19-14-20(15-19)23-16-17-4-2-1-3-5-17/h1-9,19-20,23H,10-16H2,(H,26,27). The largest absolute Gasteiger partial charge is 0.465 e. The molecule has 1 amide bonds. The Labute approximate surface area is 160 Å². The first-order valence-corrected chi connectivity index (χ1v) is 9.79. The van der Waals surface area contributed by atoms with Gasteiger partial charge < -0.3 is 20.2 Å². The Bertz CT molecular complexity index is 749. The monoisotopic (exact) mass is 365 g/mol. The normalized spacial score (nSPS) is 22.4. The van der Waals surface area contributed by atoms with Crippen LogP contribution in [0, 0.1) is 0 Å². The van der Waals surface area contributed by atoms with E-state index in [1.54, 1.807) is 0 Å². The van der Waals surface area contributed by atoms with Crippen LogP contribution in [0.4, 0.5) is 10.5 Å². The van der Waals surface area contributed by atoms with E-state index >= 15 is 0 Å². The van der Waals surface area contributed by atoms with Gasteiger partial charge in [0.25, 0.3) is 0 Å². The van der Waals surface area contributed by atoms with Gasteiger partial charge in [-0.2, -0.15) is 0 Å². The summed E-state index contributed by atoms with van der Waals surface area (Å²) in [6.07, 6.45) is 1.58. The van der Waals surface area contributed by atoms with Crippen LogP contribution in [0.25, 0.3) is 0 Å². The first-order valence-electron chi connectivity index (χ1n) is 9.79. The van der Waals surface area contributed by atoms with E-state index in [9.17, 15) is 4.79 Å². The Morgan fingerprint density at radius 1 is 0.963 bits per heavy atom. The van der Waals surface area contributed by atoms with Crippen LogP contribution in [-0.4, -0.2) is 48.3 Å². The van der Waals surface area contributed by atoms with Crippen molar-refractivity contribution in [2.24, 2.45) is 0 Å². The van der Waals surface area contributed by atoms with Gasteiger partial charge in [0.05, 0.1) is 0 Å². The van der Waals surface area contributed by atoms with E-state index in [4.69, 9.17) is 5.11 Å². The molecule has 1 saturated heterocycles. The number of nitrogens with zero attached hydrogens (tertiary/aromatic N) is 2. The van der Waals surface area contributed by atoms with Crippen LogP contribution in [0.15, 0.2) is 54.6 Å². The van der Waals surface area contributed by atoms with Crippen molar-refractivity contribution >= 4 is 11.8 Å². The van der Waals surface area contributed by atoms with Crippen molar-refractivity contribution in [2.75, 3.05) is 31.1 Å². The van der Waals surface area contributed by atoms with E-state index in [1.165, 1.54) is 34.6 Å². The van der Waals surface area contributed by atoms with Gasteiger partial charge in [0, 0.05) is 44.5 Å². The first-order chi connectivity index (χ1) is 13.2. The number of benzene rings is 2. The summed E-state index contributed by atoms with van der Waals surface area (Å²) in [4.78, 5) is 14.8. The molecule has 0 radical (unpaired) electrons. The summed E-state index contributed by atoms with van der Waals surface area (Å²) in [6.45, 7) is 3.63. The van der Waals surface area contributed by atoms with Gasteiger partial charge >= 0.3 is 6.09 Å². The molecule has 27 heavy (non-hydrogen) atoms. The van der Waals surface area contributed by atoms with Crippen molar-refractivity contribution in [3.8, 4) is 0 Å². The summed E-state index contributed by atoms with van der Waals surface area (Å²) in [7, 11) is 0. The minimum absolute atomic E-state index is 0.578. The lowest BCUT2D eigenvalue weighted by Crippen LogP contribution is -2.48. The molecular formula is C22H27N3O2. The molecule has 1 heterocycles. The van der Waals surface area contributed by atoms with Gasteiger partial charge in [-0.05, 0) is 42.0 Å². The summed E-state index contributed by atoms with van der Waals surface area (Å²) in [5, 5.41) is 12.7. The fourth-order valence-corrected chi connectivity index (χ4v) is 4.03. The van der Waals surface area contributed by atoms with Crippen molar-refractivity contribution in [3.63, 3.8) is 0 Å². The van der Waals surface area contributed by atoms with Crippen LogP contribution in [0.1, 0.15) is 29.9 Å². The molecule has 1 aliphatic heterocycles. The average Bonchev–Trinajstić information content (AvgIpc) is 2.68. The quantitative estimate of drug-likeness (QED) is 0.851. The molecule has 2 aromatic rings. The van der Waals surface area contributed by atoms with Gasteiger partial charge in [0.15, 0.2) is 0 Å². The van der Waals surface area contributed by atoms with E-state index in [-0.39, 0.29) is 0 Å². The highest BCUT2D eigenvalue weighted by Gasteiger charge is 2.30. The van der Waals surface area contributed by atoms with Crippen LogP contribution in [0.2, 0.25) is 0 Å². The Hall–Kier alpha value is -2.53. The van der Waals surface area contributed by atoms with E-state index in [2.05, 4.69) is 64.8 Å². The Balaban J connectivity index is 1.24. The topological polar surface area (TPSA) is 55.8 Å². The number of nitrogens with one attached hydrogen (secondary N) is 1. The zero-order valence-electron chi connectivity index (χ0n) is 15.6. The van der Waals surface area contributed by atoms with Crippen molar-refractivity contribution in [1.82, 2.24) is 10.2 Å². The average molecular weight is 365 g/mol. The third kappa shape index (κ3) is 4.25. The first kappa shape index (κ1) is 17.9. The highest BCUT2D eigenvalue weighted by molar-refractivity contribution is 5.65. The number of hydrogen-bond acceptors (Lipinski definition) is 3. The molecule has 1 saturated carbocycles. The van der Waals surface area contributed by atoms with Crippen molar-refractivity contribution in [2.45, 2.75) is 31.3 Å². The van der Waals surface area contributed by atoms with Crippen LogP contribution < -0.4 is 10.2 Å². The Kier molecular flexibility index (Phi) is 5.30. The highest BCUT2D eigenvalue weighted by Crippen LogP contribution is 2.37. The molecule has 4 rings (SSSR count). The molecule has 0 bridgehead atoms. The third-order valence-corrected chi connectivity index (χ3v) is 5.86. The maximum absolute atomic E-state index is 11.0. The molecule has 0 unspecified atom stereocenters. The molecule has 1 aliphatic carbocycles. The van der Waals surface area contributed by atoms with Crippen molar-refractivity contribution in [3.05, 3.63) is 65.7 Å². The van der Waals surface area contributed by atoms with E-state index in [0.717, 1.165) is 19.6 Å². The van der Waals surface area contributed by atoms with Crippen LogP contribution >= 0.6 is 0 Å². The molecular weight excluding hydrogens is 338 g/mol. The fraction of sp³-hybridized carbons (Fsp3) is 0.409. The number of carboxylic acid groups (broad SMARTS) is 1. The SMILES string of the molecule is O=C(O)N1CCN(c2ccc(C3CC(NCc4ccccc4)C3)cc2)CC1. The number of hydrogen-bond donors (Lipinski definition) is 2. The summed E-state index contributed by atoms with van der Waals surface area (Å²) < 4.78 is 0. The van der Waals surface area contributed by atoms with Gasteiger partial charge in [-0.3, -0.25) is 0 Å². The second-order valence-corrected chi connectivity index (χ2v) is 7.58. The van der Waals surface area contributed by atoms with Gasteiger partial charge in [-0.15, -0.1) is 0 Å². The second kappa shape index (κ2) is 8.01. The minimum Gasteiger partial charge on any atom is -0.465 e.